The van der Waals surface area contributed by atoms with Crippen molar-refractivity contribution in [2.24, 2.45) is 0 Å². The highest BCUT2D eigenvalue weighted by Crippen LogP contribution is 2.29. The van der Waals surface area contributed by atoms with Crippen LogP contribution in [0.5, 0.6) is 0 Å². The lowest BCUT2D eigenvalue weighted by atomic mass is 10.1. The zero-order chi connectivity index (χ0) is 12.0. The Morgan fingerprint density at radius 1 is 1.47 bits per heavy atom. The lowest BCUT2D eigenvalue weighted by Crippen LogP contribution is -2.28. The van der Waals surface area contributed by atoms with Crippen molar-refractivity contribution < 1.29 is 9.90 Å². The molecule has 3 heterocycles. The standard InChI is InChI=1S/C11H9N3O3/c15-9-2-1-7-10-6(3-4-12-7)8(5-14(9)10)13-11(16)17/h1-4,8,13H,5H2,(H,16,17)/t8-/m1/s1. The second kappa shape index (κ2) is 3.31. The summed E-state index contributed by atoms with van der Waals surface area (Å²) in [5.74, 6) is 0. The molecule has 2 aromatic heterocycles. The highest BCUT2D eigenvalue weighted by molar-refractivity contribution is 5.81. The predicted octanol–water partition coefficient (Wildman–Crippen LogP) is 0.719. The molecule has 1 atom stereocenters. The molecule has 2 aromatic rings. The molecule has 1 aliphatic rings. The molecule has 0 aliphatic carbocycles. The SMILES string of the molecule is O=C(O)N[C@@H]1Cn2c(=O)ccc3nccc1c32. The molecule has 0 saturated heterocycles. The molecule has 3 rings (SSSR count). The van der Waals surface area contributed by atoms with Crippen molar-refractivity contribution >= 4 is 17.1 Å². The maximum Gasteiger partial charge on any atom is 0.405 e. The Hall–Kier alpha value is -2.37. The predicted molar refractivity (Wildman–Crippen MR) is 59.9 cm³/mol. The van der Waals surface area contributed by atoms with Gasteiger partial charge in [-0.3, -0.25) is 9.78 Å². The van der Waals surface area contributed by atoms with Gasteiger partial charge in [-0.1, -0.05) is 0 Å². The van der Waals surface area contributed by atoms with E-state index < -0.39 is 6.09 Å². The fourth-order valence-electron chi connectivity index (χ4n) is 2.27. The Kier molecular flexibility index (Phi) is 1.91. The third-order valence-corrected chi connectivity index (χ3v) is 2.94. The van der Waals surface area contributed by atoms with Crippen molar-refractivity contribution in [3.05, 3.63) is 40.3 Å². The first kappa shape index (κ1) is 9.83. The van der Waals surface area contributed by atoms with Gasteiger partial charge in [-0.25, -0.2) is 4.79 Å². The first-order valence-electron chi connectivity index (χ1n) is 5.15. The summed E-state index contributed by atoms with van der Waals surface area (Å²) in [5, 5.41) is 11.2. The number of carbonyl (C=O) groups is 1. The zero-order valence-corrected chi connectivity index (χ0v) is 8.75. The summed E-state index contributed by atoms with van der Waals surface area (Å²) in [5.41, 5.74) is 2.09. The number of hydrogen-bond donors (Lipinski definition) is 2. The average Bonchev–Trinajstić information content (AvgIpc) is 2.65. The molecule has 0 radical (unpaired) electrons. The Morgan fingerprint density at radius 2 is 2.29 bits per heavy atom. The molecule has 0 unspecified atom stereocenters. The van der Waals surface area contributed by atoms with Gasteiger partial charge in [-0.05, 0) is 12.1 Å². The first-order chi connectivity index (χ1) is 8.16. The molecule has 2 N–H and O–H groups in total. The van der Waals surface area contributed by atoms with Crippen LogP contribution in [0.15, 0.2) is 29.2 Å². The third-order valence-electron chi connectivity index (χ3n) is 2.94. The summed E-state index contributed by atoms with van der Waals surface area (Å²) in [6, 6.07) is 4.46. The van der Waals surface area contributed by atoms with Gasteiger partial charge in [-0.2, -0.15) is 0 Å². The molecule has 0 aromatic carbocycles. The second-order valence-corrected chi connectivity index (χ2v) is 3.92. The van der Waals surface area contributed by atoms with E-state index >= 15 is 0 Å². The van der Waals surface area contributed by atoms with Crippen molar-refractivity contribution in [3.63, 3.8) is 0 Å². The molecule has 0 fully saturated rings. The van der Waals surface area contributed by atoms with Crippen LogP contribution in [0.4, 0.5) is 4.79 Å². The summed E-state index contributed by atoms with van der Waals surface area (Å²) in [6.45, 7) is 0.323. The molecular formula is C11H9N3O3. The first-order valence-corrected chi connectivity index (χ1v) is 5.15. The highest BCUT2D eigenvalue weighted by atomic mass is 16.4. The largest absolute Gasteiger partial charge is 0.465 e. The molecule has 0 spiro atoms. The topological polar surface area (TPSA) is 84.2 Å². The van der Waals surface area contributed by atoms with E-state index in [1.807, 2.05) is 0 Å². The van der Waals surface area contributed by atoms with Crippen molar-refractivity contribution in [1.29, 1.82) is 0 Å². The van der Waals surface area contributed by atoms with E-state index in [1.165, 1.54) is 6.07 Å². The van der Waals surface area contributed by atoms with Gasteiger partial charge in [0.05, 0.1) is 23.6 Å². The summed E-state index contributed by atoms with van der Waals surface area (Å²) in [7, 11) is 0. The summed E-state index contributed by atoms with van der Waals surface area (Å²) in [4.78, 5) is 26.5. The van der Waals surface area contributed by atoms with Crippen LogP contribution in [-0.2, 0) is 6.54 Å². The Balaban J connectivity index is 2.25. The number of carboxylic acid groups (broad SMARTS) is 1. The Bertz CT molecular complexity index is 677. The van der Waals surface area contributed by atoms with Crippen LogP contribution in [0.1, 0.15) is 11.6 Å². The quantitative estimate of drug-likeness (QED) is 0.757. The molecule has 1 amide bonds. The molecule has 1 aliphatic heterocycles. The van der Waals surface area contributed by atoms with E-state index in [4.69, 9.17) is 5.11 Å². The molecular weight excluding hydrogens is 222 g/mol. The van der Waals surface area contributed by atoms with Crippen LogP contribution in [0.2, 0.25) is 0 Å². The fourth-order valence-corrected chi connectivity index (χ4v) is 2.27. The van der Waals surface area contributed by atoms with Gasteiger partial charge in [0.1, 0.15) is 0 Å². The van der Waals surface area contributed by atoms with Gasteiger partial charge in [0.2, 0.25) is 0 Å². The van der Waals surface area contributed by atoms with E-state index in [-0.39, 0.29) is 11.6 Å². The molecule has 86 valence electrons. The third kappa shape index (κ3) is 1.37. The van der Waals surface area contributed by atoms with Crippen molar-refractivity contribution in [2.75, 3.05) is 0 Å². The molecule has 0 saturated carbocycles. The second-order valence-electron chi connectivity index (χ2n) is 3.92. The van der Waals surface area contributed by atoms with Crippen LogP contribution in [0, 0.1) is 0 Å². The van der Waals surface area contributed by atoms with Gasteiger partial charge in [0.25, 0.3) is 5.56 Å². The number of nitrogens with one attached hydrogen (secondary N) is 1. The Labute approximate surface area is 95.5 Å². The van der Waals surface area contributed by atoms with Gasteiger partial charge < -0.3 is 15.0 Å². The number of amides is 1. The molecule has 17 heavy (non-hydrogen) atoms. The van der Waals surface area contributed by atoms with E-state index in [0.717, 1.165) is 11.1 Å². The lowest BCUT2D eigenvalue weighted by Gasteiger charge is -2.09. The Morgan fingerprint density at radius 3 is 3.06 bits per heavy atom. The number of hydrogen-bond acceptors (Lipinski definition) is 3. The molecule has 0 bridgehead atoms. The number of nitrogens with zero attached hydrogens (tertiary/aromatic N) is 2. The summed E-state index contributed by atoms with van der Waals surface area (Å²) in [6.07, 6.45) is 0.523. The number of rotatable bonds is 1. The maximum atomic E-state index is 11.7. The van der Waals surface area contributed by atoms with Crippen molar-refractivity contribution in [1.82, 2.24) is 14.9 Å². The summed E-state index contributed by atoms with van der Waals surface area (Å²) >= 11 is 0. The van der Waals surface area contributed by atoms with Crippen LogP contribution in [0.3, 0.4) is 0 Å². The van der Waals surface area contributed by atoms with E-state index in [2.05, 4.69) is 10.3 Å². The van der Waals surface area contributed by atoms with E-state index in [1.54, 1.807) is 22.9 Å². The zero-order valence-electron chi connectivity index (χ0n) is 8.75. The lowest BCUT2D eigenvalue weighted by molar-refractivity contribution is 0.189. The molecule has 6 nitrogen and oxygen atoms in total. The van der Waals surface area contributed by atoms with Crippen LogP contribution >= 0.6 is 0 Å². The minimum absolute atomic E-state index is 0.138. The maximum absolute atomic E-state index is 11.7. The van der Waals surface area contributed by atoms with Crippen LogP contribution in [-0.4, -0.2) is 20.8 Å². The van der Waals surface area contributed by atoms with E-state index in [0.29, 0.717) is 12.1 Å². The monoisotopic (exact) mass is 231 g/mol. The van der Waals surface area contributed by atoms with Crippen LogP contribution in [0.25, 0.3) is 11.0 Å². The highest BCUT2D eigenvalue weighted by Gasteiger charge is 2.26. The van der Waals surface area contributed by atoms with Crippen molar-refractivity contribution in [3.8, 4) is 0 Å². The minimum Gasteiger partial charge on any atom is -0.465 e. The number of aromatic nitrogens is 2. The minimum atomic E-state index is -1.10. The van der Waals surface area contributed by atoms with Gasteiger partial charge in [-0.15, -0.1) is 0 Å². The smallest absolute Gasteiger partial charge is 0.405 e. The van der Waals surface area contributed by atoms with E-state index in [9.17, 15) is 9.59 Å². The number of pyridine rings is 2. The van der Waals surface area contributed by atoms with Gasteiger partial charge >= 0.3 is 6.09 Å². The van der Waals surface area contributed by atoms with Gasteiger partial charge in [0, 0.05) is 17.8 Å². The molecule has 6 heteroatoms. The van der Waals surface area contributed by atoms with Gasteiger partial charge in [0.15, 0.2) is 0 Å². The average molecular weight is 231 g/mol. The van der Waals surface area contributed by atoms with Crippen LogP contribution < -0.4 is 10.9 Å². The normalized spacial score (nSPS) is 17.3. The van der Waals surface area contributed by atoms with Crippen molar-refractivity contribution in [2.45, 2.75) is 12.6 Å². The summed E-state index contributed by atoms with van der Waals surface area (Å²) < 4.78 is 1.55. The fraction of sp³-hybridized carbons (Fsp3) is 0.182.